The number of aromatic nitrogens is 2. The quantitative estimate of drug-likeness (QED) is 0.860. The second-order valence-electron chi connectivity index (χ2n) is 7.27. The van der Waals surface area contributed by atoms with Crippen molar-refractivity contribution in [3.8, 4) is 5.75 Å². The predicted octanol–water partition coefficient (Wildman–Crippen LogP) is 2.86. The standard InChI is InChI=1S/C19H21N3O3/c23-19(14-10-13-4-1-2-6-16(13)24-11-14)22-9-3-5-15(22)17-20-18(25-21-17)12-7-8-12/h1-2,4,6,12,14-15H,3,5,7-11H2/t14-,15+/m0/s1. The van der Waals surface area contributed by atoms with Gasteiger partial charge in [0.1, 0.15) is 12.4 Å². The number of likely N-dealkylation sites (tertiary alicyclic amines) is 1. The van der Waals surface area contributed by atoms with Gasteiger partial charge in [-0.15, -0.1) is 0 Å². The van der Waals surface area contributed by atoms with E-state index in [1.165, 1.54) is 0 Å². The summed E-state index contributed by atoms with van der Waals surface area (Å²) >= 11 is 0. The van der Waals surface area contributed by atoms with Gasteiger partial charge in [0.25, 0.3) is 0 Å². The molecule has 1 aromatic carbocycles. The molecule has 3 heterocycles. The SMILES string of the molecule is O=C([C@@H]1COc2ccccc2C1)N1CCC[C@@H]1c1noc(C2CC2)n1. The fourth-order valence-corrected chi connectivity index (χ4v) is 3.90. The number of fused-ring (bicyclic) bond motifs is 1. The Labute approximate surface area is 146 Å². The minimum Gasteiger partial charge on any atom is -0.492 e. The van der Waals surface area contributed by atoms with Crippen LogP contribution in [0.5, 0.6) is 5.75 Å². The van der Waals surface area contributed by atoms with Gasteiger partial charge in [0.2, 0.25) is 11.8 Å². The van der Waals surface area contributed by atoms with E-state index >= 15 is 0 Å². The maximum absolute atomic E-state index is 13.1. The van der Waals surface area contributed by atoms with Crippen molar-refractivity contribution in [1.82, 2.24) is 15.0 Å². The molecule has 25 heavy (non-hydrogen) atoms. The largest absolute Gasteiger partial charge is 0.492 e. The molecule has 0 bridgehead atoms. The lowest BCUT2D eigenvalue weighted by atomic mass is 9.95. The summed E-state index contributed by atoms with van der Waals surface area (Å²) in [5, 5.41) is 4.16. The van der Waals surface area contributed by atoms with E-state index in [0.29, 0.717) is 18.3 Å². The lowest BCUT2D eigenvalue weighted by Crippen LogP contribution is -2.40. The molecular formula is C19H21N3O3. The maximum atomic E-state index is 13.1. The molecule has 2 atom stereocenters. The van der Waals surface area contributed by atoms with Gasteiger partial charge in [0, 0.05) is 12.5 Å². The van der Waals surface area contributed by atoms with Crippen LogP contribution in [-0.4, -0.2) is 34.1 Å². The molecule has 0 spiro atoms. The monoisotopic (exact) mass is 339 g/mol. The Morgan fingerprint density at radius 2 is 2.08 bits per heavy atom. The summed E-state index contributed by atoms with van der Waals surface area (Å²) in [5.41, 5.74) is 1.11. The first-order chi connectivity index (χ1) is 12.3. The van der Waals surface area contributed by atoms with Crippen LogP contribution in [-0.2, 0) is 11.2 Å². The summed E-state index contributed by atoms with van der Waals surface area (Å²) in [5.74, 6) is 2.76. The molecular weight excluding hydrogens is 318 g/mol. The molecule has 130 valence electrons. The average molecular weight is 339 g/mol. The van der Waals surface area contributed by atoms with Crippen molar-refractivity contribution in [2.45, 2.75) is 44.1 Å². The lowest BCUT2D eigenvalue weighted by molar-refractivity contribution is -0.138. The highest BCUT2D eigenvalue weighted by atomic mass is 16.5. The number of hydrogen-bond donors (Lipinski definition) is 0. The van der Waals surface area contributed by atoms with E-state index in [0.717, 1.165) is 55.9 Å². The first-order valence-corrected chi connectivity index (χ1v) is 9.14. The molecule has 1 saturated carbocycles. The molecule has 0 radical (unpaired) electrons. The lowest BCUT2D eigenvalue weighted by Gasteiger charge is -2.30. The van der Waals surface area contributed by atoms with E-state index in [4.69, 9.17) is 9.26 Å². The minimum atomic E-state index is -0.134. The molecule has 2 aromatic rings. The van der Waals surface area contributed by atoms with E-state index in [1.54, 1.807) is 0 Å². The molecule has 1 aliphatic carbocycles. The average Bonchev–Trinajstić information content (AvgIpc) is 3.19. The molecule has 1 amide bonds. The topological polar surface area (TPSA) is 68.5 Å². The summed E-state index contributed by atoms with van der Waals surface area (Å²) in [4.78, 5) is 19.6. The van der Waals surface area contributed by atoms with Crippen molar-refractivity contribution in [1.29, 1.82) is 0 Å². The molecule has 0 N–H and O–H groups in total. The number of para-hydroxylation sites is 1. The van der Waals surface area contributed by atoms with Crippen molar-refractivity contribution in [2.24, 2.45) is 5.92 Å². The van der Waals surface area contributed by atoms with E-state index < -0.39 is 0 Å². The number of hydrogen-bond acceptors (Lipinski definition) is 5. The zero-order chi connectivity index (χ0) is 16.8. The summed E-state index contributed by atoms with van der Waals surface area (Å²) in [6, 6.07) is 7.91. The molecule has 1 saturated heterocycles. The molecule has 1 aromatic heterocycles. The third kappa shape index (κ3) is 2.69. The third-order valence-corrected chi connectivity index (χ3v) is 5.45. The van der Waals surface area contributed by atoms with Gasteiger partial charge in [-0.05, 0) is 43.7 Å². The van der Waals surface area contributed by atoms with Crippen LogP contribution in [0.2, 0.25) is 0 Å². The Bertz CT molecular complexity index is 799. The van der Waals surface area contributed by atoms with Crippen LogP contribution in [0.1, 0.15) is 54.9 Å². The van der Waals surface area contributed by atoms with Gasteiger partial charge < -0.3 is 14.2 Å². The van der Waals surface area contributed by atoms with Crippen molar-refractivity contribution >= 4 is 5.91 Å². The first-order valence-electron chi connectivity index (χ1n) is 9.14. The molecule has 2 aliphatic heterocycles. The fourth-order valence-electron chi connectivity index (χ4n) is 3.90. The van der Waals surface area contributed by atoms with Crippen molar-refractivity contribution < 1.29 is 14.1 Å². The smallest absolute Gasteiger partial charge is 0.230 e. The van der Waals surface area contributed by atoms with Crippen LogP contribution in [0.25, 0.3) is 0 Å². The van der Waals surface area contributed by atoms with Gasteiger partial charge >= 0.3 is 0 Å². The number of nitrogens with zero attached hydrogens (tertiary/aromatic N) is 3. The molecule has 2 fully saturated rings. The minimum absolute atomic E-state index is 0.0547. The Morgan fingerprint density at radius 3 is 2.96 bits per heavy atom. The molecule has 5 rings (SSSR count). The predicted molar refractivity (Wildman–Crippen MR) is 89.1 cm³/mol. The zero-order valence-corrected chi connectivity index (χ0v) is 14.1. The summed E-state index contributed by atoms with van der Waals surface area (Å²) in [6.07, 6.45) is 4.88. The van der Waals surface area contributed by atoms with Crippen LogP contribution in [0.4, 0.5) is 0 Å². The first kappa shape index (κ1) is 14.9. The Morgan fingerprint density at radius 1 is 1.20 bits per heavy atom. The van der Waals surface area contributed by atoms with Crippen molar-refractivity contribution in [3.63, 3.8) is 0 Å². The van der Waals surface area contributed by atoms with Gasteiger partial charge in [-0.25, -0.2) is 0 Å². The molecule has 6 nitrogen and oxygen atoms in total. The maximum Gasteiger partial charge on any atom is 0.230 e. The Hall–Kier alpha value is -2.37. The molecule has 6 heteroatoms. The van der Waals surface area contributed by atoms with Gasteiger partial charge in [0.05, 0.1) is 12.0 Å². The van der Waals surface area contributed by atoms with E-state index in [2.05, 4.69) is 10.1 Å². The Kier molecular flexibility index (Phi) is 3.50. The van der Waals surface area contributed by atoms with E-state index in [9.17, 15) is 4.79 Å². The van der Waals surface area contributed by atoms with Crippen molar-refractivity contribution in [3.05, 3.63) is 41.5 Å². The molecule has 0 unspecified atom stereocenters. The van der Waals surface area contributed by atoms with Crippen LogP contribution < -0.4 is 4.74 Å². The number of benzene rings is 1. The second kappa shape index (κ2) is 5.86. The Balaban J connectivity index is 1.34. The highest BCUT2D eigenvalue weighted by Gasteiger charge is 2.39. The molecule has 3 aliphatic rings. The summed E-state index contributed by atoms with van der Waals surface area (Å²) in [7, 11) is 0. The third-order valence-electron chi connectivity index (χ3n) is 5.45. The van der Waals surface area contributed by atoms with Gasteiger partial charge in [-0.1, -0.05) is 23.4 Å². The van der Waals surface area contributed by atoms with Gasteiger partial charge in [-0.2, -0.15) is 4.98 Å². The fraction of sp³-hybridized carbons (Fsp3) is 0.526. The second-order valence-corrected chi connectivity index (χ2v) is 7.27. The van der Waals surface area contributed by atoms with Crippen LogP contribution in [0.3, 0.4) is 0 Å². The highest BCUT2D eigenvalue weighted by molar-refractivity contribution is 5.80. The van der Waals surface area contributed by atoms with Crippen LogP contribution >= 0.6 is 0 Å². The zero-order valence-electron chi connectivity index (χ0n) is 14.1. The van der Waals surface area contributed by atoms with Gasteiger partial charge in [0.15, 0.2) is 5.82 Å². The van der Waals surface area contributed by atoms with Crippen molar-refractivity contribution in [2.75, 3.05) is 13.2 Å². The number of ether oxygens (including phenoxy) is 1. The van der Waals surface area contributed by atoms with E-state index in [-0.39, 0.29) is 17.9 Å². The number of carbonyl (C=O) groups excluding carboxylic acids is 1. The van der Waals surface area contributed by atoms with Gasteiger partial charge in [-0.3, -0.25) is 4.79 Å². The summed E-state index contributed by atoms with van der Waals surface area (Å²) < 4.78 is 11.2. The van der Waals surface area contributed by atoms with Crippen LogP contribution in [0.15, 0.2) is 28.8 Å². The van der Waals surface area contributed by atoms with E-state index in [1.807, 2.05) is 29.2 Å². The normalized spacial score (nSPS) is 25.5. The number of amides is 1. The number of rotatable bonds is 3. The number of carbonyl (C=O) groups is 1. The van der Waals surface area contributed by atoms with Crippen LogP contribution in [0, 0.1) is 5.92 Å². The summed E-state index contributed by atoms with van der Waals surface area (Å²) in [6.45, 7) is 1.20. The highest BCUT2D eigenvalue weighted by Crippen LogP contribution is 2.40.